The Morgan fingerprint density at radius 3 is 2.11 bits per heavy atom. The maximum Gasteiger partial charge on any atom is 0.307 e. The second-order valence-corrected chi connectivity index (χ2v) is 6.18. The standard InChI is InChI=1S/C15H23NO3/c1-10-7-11(2)9-16(8-10)14(17)12-5-3-4-6-13(12)15(18)19/h3-4,10-13H,5-9H2,1-2H3,(H,18,19)/t10-,11+,12-,13+/m0/s1. The number of carbonyl (C=O) groups is 2. The van der Waals surface area contributed by atoms with Crippen molar-refractivity contribution in [1.82, 2.24) is 4.90 Å². The van der Waals surface area contributed by atoms with Crippen LogP contribution in [0, 0.1) is 23.7 Å². The summed E-state index contributed by atoms with van der Waals surface area (Å²) in [4.78, 5) is 25.8. The third kappa shape index (κ3) is 3.17. The molecule has 0 saturated carbocycles. The number of carboxylic acids is 1. The van der Waals surface area contributed by atoms with Crippen molar-refractivity contribution >= 4 is 11.9 Å². The van der Waals surface area contributed by atoms with E-state index >= 15 is 0 Å². The normalized spacial score (nSPS) is 35.2. The Hall–Kier alpha value is -1.32. The molecule has 0 radical (unpaired) electrons. The third-order valence-electron chi connectivity index (χ3n) is 4.25. The molecule has 0 aromatic rings. The smallest absolute Gasteiger partial charge is 0.307 e. The van der Waals surface area contributed by atoms with E-state index in [9.17, 15) is 14.7 Å². The van der Waals surface area contributed by atoms with E-state index in [0.717, 1.165) is 19.5 Å². The molecule has 1 aliphatic heterocycles. The molecule has 1 saturated heterocycles. The molecular weight excluding hydrogens is 242 g/mol. The predicted octanol–water partition coefficient (Wildman–Crippen LogP) is 2.16. The van der Waals surface area contributed by atoms with Gasteiger partial charge in [-0.1, -0.05) is 26.0 Å². The van der Waals surface area contributed by atoms with Crippen LogP contribution in [0.4, 0.5) is 0 Å². The number of rotatable bonds is 2. The van der Waals surface area contributed by atoms with Gasteiger partial charge in [0, 0.05) is 13.1 Å². The molecular formula is C15H23NO3. The Balaban J connectivity index is 2.09. The number of allylic oxidation sites excluding steroid dienone is 2. The van der Waals surface area contributed by atoms with Crippen LogP contribution in [-0.2, 0) is 9.59 Å². The van der Waals surface area contributed by atoms with Gasteiger partial charge in [0.2, 0.25) is 5.91 Å². The number of carbonyl (C=O) groups excluding carboxylic acids is 1. The lowest BCUT2D eigenvalue weighted by molar-refractivity contribution is -0.151. The molecule has 1 fully saturated rings. The molecule has 0 aromatic heterocycles. The van der Waals surface area contributed by atoms with E-state index < -0.39 is 11.9 Å². The van der Waals surface area contributed by atoms with E-state index in [4.69, 9.17) is 0 Å². The molecule has 19 heavy (non-hydrogen) atoms. The largest absolute Gasteiger partial charge is 0.481 e. The minimum atomic E-state index is -0.846. The first-order valence-electron chi connectivity index (χ1n) is 7.15. The highest BCUT2D eigenvalue weighted by molar-refractivity contribution is 5.85. The van der Waals surface area contributed by atoms with Crippen molar-refractivity contribution in [3.63, 3.8) is 0 Å². The van der Waals surface area contributed by atoms with Crippen molar-refractivity contribution in [1.29, 1.82) is 0 Å². The summed E-state index contributed by atoms with van der Waals surface area (Å²) in [6.45, 7) is 5.86. The van der Waals surface area contributed by atoms with E-state index in [1.807, 2.05) is 17.1 Å². The topological polar surface area (TPSA) is 57.6 Å². The zero-order chi connectivity index (χ0) is 14.0. The fraction of sp³-hybridized carbons (Fsp3) is 0.733. The molecule has 4 nitrogen and oxygen atoms in total. The summed E-state index contributed by atoms with van der Waals surface area (Å²) in [5.41, 5.74) is 0. The van der Waals surface area contributed by atoms with Gasteiger partial charge in [0.25, 0.3) is 0 Å². The third-order valence-corrected chi connectivity index (χ3v) is 4.25. The first kappa shape index (κ1) is 14.1. The number of carboxylic acid groups (broad SMARTS) is 1. The Labute approximate surface area is 114 Å². The van der Waals surface area contributed by atoms with Gasteiger partial charge in [-0.25, -0.2) is 0 Å². The van der Waals surface area contributed by atoms with Crippen molar-refractivity contribution in [2.45, 2.75) is 33.1 Å². The zero-order valence-electron chi connectivity index (χ0n) is 11.7. The number of piperidine rings is 1. The van der Waals surface area contributed by atoms with Crippen molar-refractivity contribution in [3.05, 3.63) is 12.2 Å². The lowest BCUT2D eigenvalue weighted by Gasteiger charge is -2.38. The lowest BCUT2D eigenvalue weighted by atomic mass is 9.81. The van der Waals surface area contributed by atoms with Crippen molar-refractivity contribution in [2.24, 2.45) is 23.7 Å². The molecule has 1 N–H and O–H groups in total. The van der Waals surface area contributed by atoms with Crippen LogP contribution in [0.1, 0.15) is 33.1 Å². The van der Waals surface area contributed by atoms with Gasteiger partial charge in [0.15, 0.2) is 0 Å². The van der Waals surface area contributed by atoms with Crippen molar-refractivity contribution < 1.29 is 14.7 Å². The second-order valence-electron chi connectivity index (χ2n) is 6.18. The Morgan fingerprint density at radius 2 is 1.58 bits per heavy atom. The van der Waals surface area contributed by atoms with Gasteiger partial charge >= 0.3 is 5.97 Å². The average Bonchev–Trinajstić information content (AvgIpc) is 2.36. The van der Waals surface area contributed by atoms with Crippen LogP contribution < -0.4 is 0 Å². The average molecular weight is 265 g/mol. The Kier molecular flexibility index (Phi) is 4.27. The molecule has 2 rings (SSSR count). The van der Waals surface area contributed by atoms with Gasteiger partial charge in [0.05, 0.1) is 11.8 Å². The minimum absolute atomic E-state index is 0.0372. The second kappa shape index (κ2) is 5.76. The summed E-state index contributed by atoms with van der Waals surface area (Å²) in [6, 6.07) is 0. The number of hydrogen-bond donors (Lipinski definition) is 1. The molecule has 1 aliphatic carbocycles. The predicted molar refractivity (Wildman–Crippen MR) is 72.5 cm³/mol. The highest BCUT2D eigenvalue weighted by Crippen LogP contribution is 2.30. The van der Waals surface area contributed by atoms with E-state index in [2.05, 4.69) is 13.8 Å². The Bertz CT molecular complexity index is 381. The van der Waals surface area contributed by atoms with Crippen LogP contribution in [0.25, 0.3) is 0 Å². The maximum absolute atomic E-state index is 12.6. The summed E-state index contributed by atoms with van der Waals surface area (Å²) < 4.78 is 0. The molecule has 1 amide bonds. The number of nitrogens with zero attached hydrogens (tertiary/aromatic N) is 1. The van der Waals surface area contributed by atoms with Crippen molar-refractivity contribution in [3.8, 4) is 0 Å². The summed E-state index contributed by atoms with van der Waals surface area (Å²) >= 11 is 0. The van der Waals surface area contributed by atoms with Crippen LogP contribution >= 0.6 is 0 Å². The molecule has 1 heterocycles. The number of amides is 1. The highest BCUT2D eigenvalue weighted by Gasteiger charge is 2.37. The molecule has 4 heteroatoms. The number of aliphatic carboxylic acids is 1. The number of likely N-dealkylation sites (tertiary alicyclic amines) is 1. The van der Waals surface area contributed by atoms with Crippen LogP contribution in [-0.4, -0.2) is 35.0 Å². The summed E-state index contributed by atoms with van der Waals surface area (Å²) in [7, 11) is 0. The monoisotopic (exact) mass is 265 g/mol. The first-order valence-corrected chi connectivity index (χ1v) is 7.15. The molecule has 0 bridgehead atoms. The summed E-state index contributed by atoms with van der Waals surface area (Å²) in [5.74, 6) is -0.716. The highest BCUT2D eigenvalue weighted by atomic mass is 16.4. The van der Waals surface area contributed by atoms with Gasteiger partial charge in [-0.2, -0.15) is 0 Å². The molecule has 106 valence electrons. The van der Waals surface area contributed by atoms with Gasteiger partial charge in [0.1, 0.15) is 0 Å². The number of hydrogen-bond acceptors (Lipinski definition) is 2. The first-order chi connectivity index (χ1) is 8.99. The molecule has 0 spiro atoms. The fourth-order valence-electron chi connectivity index (χ4n) is 3.44. The van der Waals surface area contributed by atoms with Crippen LogP contribution in [0.15, 0.2) is 12.2 Å². The van der Waals surface area contributed by atoms with Crippen molar-refractivity contribution in [2.75, 3.05) is 13.1 Å². The van der Waals surface area contributed by atoms with E-state index in [1.165, 1.54) is 0 Å². The minimum Gasteiger partial charge on any atom is -0.481 e. The molecule has 0 aromatic carbocycles. The van der Waals surface area contributed by atoms with Gasteiger partial charge in [-0.05, 0) is 31.1 Å². The van der Waals surface area contributed by atoms with E-state index in [-0.39, 0.29) is 11.8 Å². The lowest BCUT2D eigenvalue weighted by Crippen LogP contribution is -2.47. The van der Waals surface area contributed by atoms with Gasteiger partial charge in [-0.15, -0.1) is 0 Å². The van der Waals surface area contributed by atoms with Gasteiger partial charge < -0.3 is 10.0 Å². The fourth-order valence-corrected chi connectivity index (χ4v) is 3.44. The quantitative estimate of drug-likeness (QED) is 0.778. The Morgan fingerprint density at radius 1 is 1.05 bits per heavy atom. The van der Waals surface area contributed by atoms with E-state index in [1.54, 1.807) is 0 Å². The zero-order valence-corrected chi connectivity index (χ0v) is 11.7. The molecule has 4 atom stereocenters. The van der Waals surface area contributed by atoms with E-state index in [0.29, 0.717) is 24.7 Å². The van der Waals surface area contributed by atoms with Crippen LogP contribution in [0.5, 0.6) is 0 Å². The van der Waals surface area contributed by atoms with Gasteiger partial charge in [-0.3, -0.25) is 9.59 Å². The summed E-state index contributed by atoms with van der Waals surface area (Å²) in [5, 5.41) is 9.26. The maximum atomic E-state index is 12.6. The van der Waals surface area contributed by atoms with Crippen LogP contribution in [0.2, 0.25) is 0 Å². The SMILES string of the molecule is C[C@@H]1C[C@H](C)CN(C(=O)[C@H]2CC=CC[C@H]2C(=O)O)C1. The molecule has 2 aliphatic rings. The summed E-state index contributed by atoms with van der Waals surface area (Å²) in [6.07, 6.45) is 6.01. The molecule has 0 unspecified atom stereocenters. The van der Waals surface area contributed by atoms with Crippen LogP contribution in [0.3, 0.4) is 0 Å².